The van der Waals surface area contributed by atoms with E-state index < -0.39 is 5.97 Å². The van der Waals surface area contributed by atoms with Crippen molar-refractivity contribution >= 4 is 23.8 Å². The van der Waals surface area contributed by atoms with Crippen LogP contribution in [0.1, 0.15) is 17.9 Å². The van der Waals surface area contributed by atoms with Crippen LogP contribution in [0.15, 0.2) is 29.2 Å². The molecular weight excluding hydrogens is 264 g/mol. The molecule has 2 rings (SSSR count). The Morgan fingerprint density at radius 1 is 1.32 bits per heavy atom. The van der Waals surface area contributed by atoms with Crippen LogP contribution in [0.5, 0.6) is 0 Å². The molecule has 3 N–H and O–H groups in total. The van der Waals surface area contributed by atoms with Crippen LogP contribution in [-0.4, -0.2) is 35.9 Å². The van der Waals surface area contributed by atoms with Crippen molar-refractivity contribution in [3.05, 3.63) is 29.8 Å². The molecule has 0 saturated heterocycles. The average Bonchev–Trinajstić information content (AvgIpc) is 2.79. The highest BCUT2D eigenvalue weighted by atomic mass is 32.2. The first-order chi connectivity index (χ1) is 9.16. The van der Waals surface area contributed by atoms with Crippen molar-refractivity contribution < 1.29 is 14.7 Å². The number of fused-ring (bicyclic) bond motifs is 1. The molecule has 5 nitrogen and oxygen atoms in total. The van der Waals surface area contributed by atoms with Crippen LogP contribution in [0, 0.1) is 0 Å². The van der Waals surface area contributed by atoms with Gasteiger partial charge in [0, 0.05) is 29.7 Å². The fraction of sp³-hybridized carbons (Fsp3) is 0.385. The van der Waals surface area contributed by atoms with Gasteiger partial charge in [-0.1, -0.05) is 18.2 Å². The number of amides is 2. The van der Waals surface area contributed by atoms with Crippen molar-refractivity contribution in [3.8, 4) is 0 Å². The van der Waals surface area contributed by atoms with E-state index in [9.17, 15) is 9.59 Å². The van der Waals surface area contributed by atoms with E-state index in [1.807, 2.05) is 12.1 Å². The lowest BCUT2D eigenvalue weighted by atomic mass is 10.0. The van der Waals surface area contributed by atoms with Gasteiger partial charge in [0.15, 0.2) is 0 Å². The lowest BCUT2D eigenvalue weighted by Gasteiger charge is -2.12. The molecule has 0 aliphatic carbocycles. The Morgan fingerprint density at radius 3 is 2.89 bits per heavy atom. The molecule has 0 bridgehead atoms. The van der Waals surface area contributed by atoms with Crippen LogP contribution in [-0.2, 0) is 4.79 Å². The van der Waals surface area contributed by atoms with E-state index in [-0.39, 0.29) is 19.0 Å². The number of benzene rings is 1. The number of carbonyl (C=O) groups excluding carboxylic acids is 1. The van der Waals surface area contributed by atoms with Gasteiger partial charge in [-0.25, -0.2) is 4.79 Å². The normalized spacial score (nSPS) is 16.7. The summed E-state index contributed by atoms with van der Waals surface area (Å²) in [5, 5.41) is 13.8. The summed E-state index contributed by atoms with van der Waals surface area (Å²) in [7, 11) is 0. The molecule has 1 aromatic carbocycles. The Kier molecular flexibility index (Phi) is 4.68. The van der Waals surface area contributed by atoms with Gasteiger partial charge in [0.1, 0.15) is 0 Å². The molecule has 6 heteroatoms. The number of aliphatic carboxylic acids is 1. The van der Waals surface area contributed by atoms with E-state index in [0.717, 1.165) is 5.75 Å². The molecule has 1 atom stereocenters. The summed E-state index contributed by atoms with van der Waals surface area (Å²) in [5.74, 6) is 0.377. The number of carbonyl (C=O) groups is 2. The molecule has 2 amide bonds. The van der Waals surface area contributed by atoms with Crippen molar-refractivity contribution in [2.45, 2.75) is 17.2 Å². The molecule has 0 radical (unpaired) electrons. The van der Waals surface area contributed by atoms with Gasteiger partial charge in [0.25, 0.3) is 0 Å². The van der Waals surface area contributed by atoms with Gasteiger partial charge >= 0.3 is 12.0 Å². The predicted octanol–water partition coefficient (Wildman–Crippen LogP) is 1.65. The summed E-state index contributed by atoms with van der Waals surface area (Å²) in [4.78, 5) is 23.1. The summed E-state index contributed by atoms with van der Waals surface area (Å²) in [6.07, 6.45) is -0.0600. The van der Waals surface area contributed by atoms with Crippen LogP contribution < -0.4 is 10.6 Å². The smallest absolute Gasteiger partial charge is 0.314 e. The minimum Gasteiger partial charge on any atom is -0.481 e. The van der Waals surface area contributed by atoms with Gasteiger partial charge in [-0.15, -0.1) is 11.8 Å². The molecule has 0 spiro atoms. The minimum atomic E-state index is -0.915. The number of carboxylic acids is 1. The first kappa shape index (κ1) is 13.7. The predicted molar refractivity (Wildman–Crippen MR) is 73.6 cm³/mol. The monoisotopic (exact) mass is 280 g/mol. The third-order valence-corrected chi connectivity index (χ3v) is 4.18. The highest BCUT2D eigenvalue weighted by Gasteiger charge is 2.22. The van der Waals surface area contributed by atoms with Gasteiger partial charge in [-0.3, -0.25) is 4.79 Å². The number of thioether (sulfide) groups is 1. The molecular formula is C13H16N2O3S. The summed E-state index contributed by atoms with van der Waals surface area (Å²) in [5.41, 5.74) is 1.28. The second-order valence-corrected chi connectivity index (χ2v) is 5.39. The minimum absolute atomic E-state index is 0.0600. The summed E-state index contributed by atoms with van der Waals surface area (Å²) >= 11 is 1.80. The van der Waals surface area contributed by atoms with Crippen molar-refractivity contribution in [2.75, 3.05) is 18.8 Å². The van der Waals surface area contributed by atoms with E-state index >= 15 is 0 Å². The lowest BCUT2D eigenvalue weighted by Crippen LogP contribution is -2.38. The number of carboxylic acid groups (broad SMARTS) is 1. The maximum atomic E-state index is 11.5. The topological polar surface area (TPSA) is 78.4 Å². The molecule has 102 valence electrons. The summed E-state index contributed by atoms with van der Waals surface area (Å²) in [6.45, 7) is 0.722. The van der Waals surface area contributed by atoms with E-state index in [1.165, 1.54) is 10.5 Å². The first-order valence-electron chi connectivity index (χ1n) is 6.12. The highest BCUT2D eigenvalue weighted by Crippen LogP contribution is 2.38. The Labute approximate surface area is 115 Å². The Bertz CT molecular complexity index is 479. The maximum absolute atomic E-state index is 11.5. The zero-order valence-corrected chi connectivity index (χ0v) is 11.2. The number of nitrogens with one attached hydrogen (secondary N) is 2. The Morgan fingerprint density at radius 2 is 2.11 bits per heavy atom. The van der Waals surface area contributed by atoms with Crippen LogP contribution in [0.3, 0.4) is 0 Å². The highest BCUT2D eigenvalue weighted by molar-refractivity contribution is 7.99. The molecule has 19 heavy (non-hydrogen) atoms. The summed E-state index contributed by atoms with van der Waals surface area (Å²) < 4.78 is 0. The standard InChI is InChI=1S/C13H16N2O3S/c16-12(17)5-6-14-13(18)15-7-9-8-19-11-4-2-1-3-10(9)11/h1-4,9H,5-8H2,(H,16,17)(H2,14,15,18). The van der Waals surface area contributed by atoms with E-state index in [2.05, 4.69) is 22.8 Å². The first-order valence-corrected chi connectivity index (χ1v) is 7.10. The average molecular weight is 280 g/mol. The molecule has 1 heterocycles. The van der Waals surface area contributed by atoms with Crippen molar-refractivity contribution in [3.63, 3.8) is 0 Å². The molecule has 1 aromatic rings. The van der Waals surface area contributed by atoms with Gasteiger partial charge in [0.2, 0.25) is 0 Å². The zero-order valence-electron chi connectivity index (χ0n) is 10.4. The number of hydrogen-bond donors (Lipinski definition) is 3. The van der Waals surface area contributed by atoms with E-state index in [0.29, 0.717) is 12.5 Å². The van der Waals surface area contributed by atoms with Crippen LogP contribution in [0.25, 0.3) is 0 Å². The van der Waals surface area contributed by atoms with Crippen LogP contribution >= 0.6 is 11.8 Å². The van der Waals surface area contributed by atoms with Crippen molar-refractivity contribution in [2.24, 2.45) is 0 Å². The Balaban J connectivity index is 1.75. The number of urea groups is 1. The van der Waals surface area contributed by atoms with Gasteiger partial charge in [-0.2, -0.15) is 0 Å². The molecule has 1 aliphatic heterocycles. The quantitative estimate of drug-likeness (QED) is 0.766. The van der Waals surface area contributed by atoms with E-state index in [4.69, 9.17) is 5.11 Å². The molecule has 0 saturated carbocycles. The maximum Gasteiger partial charge on any atom is 0.314 e. The van der Waals surface area contributed by atoms with Crippen LogP contribution in [0.4, 0.5) is 4.79 Å². The zero-order chi connectivity index (χ0) is 13.7. The fourth-order valence-corrected chi connectivity index (χ4v) is 3.21. The fourth-order valence-electron chi connectivity index (χ4n) is 1.96. The lowest BCUT2D eigenvalue weighted by molar-refractivity contribution is -0.136. The summed E-state index contributed by atoms with van der Waals surface area (Å²) in [6, 6.07) is 7.89. The third-order valence-electron chi connectivity index (χ3n) is 2.93. The second kappa shape index (κ2) is 6.47. The largest absolute Gasteiger partial charge is 0.481 e. The molecule has 0 aromatic heterocycles. The van der Waals surface area contributed by atoms with Crippen molar-refractivity contribution in [1.29, 1.82) is 0 Å². The van der Waals surface area contributed by atoms with Crippen LogP contribution in [0.2, 0.25) is 0 Å². The number of hydrogen-bond acceptors (Lipinski definition) is 3. The second-order valence-electron chi connectivity index (χ2n) is 4.33. The van der Waals surface area contributed by atoms with Gasteiger partial charge in [0.05, 0.1) is 6.42 Å². The SMILES string of the molecule is O=C(O)CCNC(=O)NCC1CSc2ccccc21. The molecule has 1 aliphatic rings. The van der Waals surface area contributed by atoms with Gasteiger partial charge in [-0.05, 0) is 11.6 Å². The van der Waals surface area contributed by atoms with Crippen molar-refractivity contribution in [1.82, 2.24) is 10.6 Å². The van der Waals surface area contributed by atoms with Gasteiger partial charge < -0.3 is 15.7 Å². The number of rotatable bonds is 5. The van der Waals surface area contributed by atoms with E-state index in [1.54, 1.807) is 11.8 Å². The third kappa shape index (κ3) is 3.89. The molecule has 1 unspecified atom stereocenters. The Hall–Kier alpha value is -1.69. The molecule has 0 fully saturated rings.